The van der Waals surface area contributed by atoms with E-state index in [9.17, 15) is 5.11 Å². The topological polar surface area (TPSA) is 33.4 Å². The standard InChI is InChI=1S/C17H12O2S/c18-10-15-16-11(6-8-20-15)3-1-5-13-14(16)9-12-4-2-7-19-17(12)13/h1-9,18H,10H2. The van der Waals surface area contributed by atoms with E-state index in [2.05, 4.69) is 30.3 Å². The maximum Gasteiger partial charge on any atom is 0.141 e. The molecule has 0 saturated heterocycles. The third-order valence-electron chi connectivity index (χ3n) is 3.61. The molecule has 0 fully saturated rings. The summed E-state index contributed by atoms with van der Waals surface area (Å²) in [5, 5.41) is 16.1. The molecule has 0 atom stereocenters. The normalized spacial score (nSPS) is 13.9. The van der Waals surface area contributed by atoms with Crippen LogP contribution in [0.25, 0.3) is 32.7 Å². The van der Waals surface area contributed by atoms with Gasteiger partial charge in [-0.2, -0.15) is 0 Å². The summed E-state index contributed by atoms with van der Waals surface area (Å²) in [4.78, 5) is 0.985. The maximum atomic E-state index is 9.64. The number of hydrogen-bond acceptors (Lipinski definition) is 3. The van der Waals surface area contributed by atoms with Crippen LogP contribution in [0.4, 0.5) is 0 Å². The quantitative estimate of drug-likeness (QED) is 0.738. The molecule has 2 nitrogen and oxygen atoms in total. The van der Waals surface area contributed by atoms with Gasteiger partial charge in [-0.1, -0.05) is 30.0 Å². The molecule has 3 aromatic rings. The highest BCUT2D eigenvalue weighted by Crippen LogP contribution is 2.29. The molecule has 98 valence electrons. The third-order valence-corrected chi connectivity index (χ3v) is 4.50. The van der Waals surface area contributed by atoms with E-state index >= 15 is 0 Å². The summed E-state index contributed by atoms with van der Waals surface area (Å²) in [6.07, 6.45) is 3.79. The zero-order chi connectivity index (χ0) is 13.5. The zero-order valence-electron chi connectivity index (χ0n) is 10.7. The first-order chi connectivity index (χ1) is 9.88. The van der Waals surface area contributed by atoms with Crippen molar-refractivity contribution in [2.45, 2.75) is 0 Å². The summed E-state index contributed by atoms with van der Waals surface area (Å²) in [6.45, 7) is 0.0553. The second-order valence-corrected chi connectivity index (χ2v) is 5.73. The molecule has 0 radical (unpaired) electrons. The Morgan fingerprint density at radius 3 is 2.95 bits per heavy atom. The van der Waals surface area contributed by atoms with Crippen LogP contribution in [0.5, 0.6) is 0 Å². The molecule has 4 rings (SSSR count). The lowest BCUT2D eigenvalue weighted by atomic mass is 10.1. The molecule has 0 saturated carbocycles. The molecule has 1 aliphatic rings. The van der Waals surface area contributed by atoms with Crippen LogP contribution in [0, 0.1) is 0 Å². The lowest BCUT2D eigenvalue weighted by molar-refractivity contribution is 0.353. The predicted molar refractivity (Wildman–Crippen MR) is 84.9 cm³/mol. The van der Waals surface area contributed by atoms with Gasteiger partial charge in [-0.15, -0.1) is 0 Å². The van der Waals surface area contributed by atoms with Crippen LogP contribution in [-0.2, 0) is 0 Å². The Hall–Kier alpha value is -1.97. The molecule has 0 unspecified atom stereocenters. The molecule has 0 amide bonds. The highest BCUT2D eigenvalue weighted by Gasteiger charge is 2.11. The highest BCUT2D eigenvalue weighted by molar-refractivity contribution is 8.10. The van der Waals surface area contributed by atoms with Gasteiger partial charge in [-0.05, 0) is 40.6 Å². The van der Waals surface area contributed by atoms with Gasteiger partial charge < -0.3 is 9.52 Å². The van der Waals surface area contributed by atoms with Crippen LogP contribution in [-0.4, -0.2) is 11.7 Å². The molecule has 3 heteroatoms. The minimum atomic E-state index is 0.0553. The summed E-state index contributed by atoms with van der Waals surface area (Å²) in [5.41, 5.74) is 2.04. The SMILES string of the molecule is OCC1=c2c(cccc3c2cc2cccoc23)C=CS1. The first kappa shape index (κ1) is 11.8. The average molecular weight is 280 g/mol. The second kappa shape index (κ2) is 4.54. The average Bonchev–Trinajstić information content (AvgIpc) is 2.75. The number of rotatable bonds is 1. The summed E-state index contributed by atoms with van der Waals surface area (Å²) >= 11 is 1.58. The van der Waals surface area contributed by atoms with Crippen LogP contribution in [0.3, 0.4) is 0 Å². The van der Waals surface area contributed by atoms with Gasteiger partial charge in [0.25, 0.3) is 0 Å². The Morgan fingerprint density at radius 2 is 2.05 bits per heavy atom. The van der Waals surface area contributed by atoms with E-state index in [4.69, 9.17) is 4.42 Å². The number of fused-ring (bicyclic) bond motifs is 5. The van der Waals surface area contributed by atoms with E-state index in [0.717, 1.165) is 37.4 Å². The summed E-state index contributed by atoms with van der Waals surface area (Å²) < 4.78 is 5.67. The summed E-state index contributed by atoms with van der Waals surface area (Å²) in [7, 11) is 0. The Kier molecular flexibility index (Phi) is 2.69. The fourth-order valence-electron chi connectivity index (χ4n) is 2.76. The number of thioether (sulfide) groups is 1. The molecule has 0 spiro atoms. The minimum Gasteiger partial charge on any atom is -0.464 e. The van der Waals surface area contributed by atoms with Crippen molar-refractivity contribution >= 4 is 44.5 Å². The van der Waals surface area contributed by atoms with Crippen molar-refractivity contribution in [1.29, 1.82) is 0 Å². The van der Waals surface area contributed by atoms with Gasteiger partial charge in [0, 0.05) is 20.9 Å². The van der Waals surface area contributed by atoms with Crippen LogP contribution in [0.1, 0.15) is 5.56 Å². The fraction of sp³-hybridized carbons (Fsp3) is 0.0588. The van der Waals surface area contributed by atoms with Gasteiger partial charge in [0.1, 0.15) is 5.58 Å². The van der Waals surface area contributed by atoms with Crippen molar-refractivity contribution in [2.75, 3.05) is 6.61 Å². The molecule has 0 bridgehead atoms. The van der Waals surface area contributed by atoms with Crippen molar-refractivity contribution in [1.82, 2.24) is 0 Å². The smallest absolute Gasteiger partial charge is 0.141 e. The maximum absolute atomic E-state index is 9.64. The Labute approximate surface area is 120 Å². The highest BCUT2D eigenvalue weighted by atomic mass is 32.2. The third kappa shape index (κ3) is 1.64. The number of aliphatic hydroxyl groups excluding tert-OH is 1. The van der Waals surface area contributed by atoms with Crippen molar-refractivity contribution in [3.63, 3.8) is 0 Å². The van der Waals surface area contributed by atoms with Gasteiger partial charge in [-0.3, -0.25) is 0 Å². The van der Waals surface area contributed by atoms with Gasteiger partial charge in [-0.25, -0.2) is 0 Å². The Balaban J connectivity index is 2.32. The molecular weight excluding hydrogens is 268 g/mol. The molecule has 1 N–H and O–H groups in total. The molecule has 2 aromatic carbocycles. The van der Waals surface area contributed by atoms with Gasteiger partial charge >= 0.3 is 0 Å². The molecule has 1 aliphatic heterocycles. The molecule has 0 aliphatic carbocycles. The predicted octanol–water partition coefficient (Wildman–Crippen LogP) is 3.69. The molecule has 2 heterocycles. The van der Waals surface area contributed by atoms with Gasteiger partial charge in [0.15, 0.2) is 0 Å². The largest absolute Gasteiger partial charge is 0.464 e. The Bertz CT molecular complexity index is 919. The lowest BCUT2D eigenvalue weighted by Crippen LogP contribution is -2.11. The van der Waals surface area contributed by atoms with Gasteiger partial charge in [0.05, 0.1) is 12.9 Å². The van der Waals surface area contributed by atoms with E-state index in [0.29, 0.717) is 0 Å². The molecule has 1 aromatic heterocycles. The van der Waals surface area contributed by atoms with Crippen molar-refractivity contribution in [2.24, 2.45) is 0 Å². The van der Waals surface area contributed by atoms with Crippen LogP contribution >= 0.6 is 11.8 Å². The van der Waals surface area contributed by atoms with Crippen LogP contribution in [0.15, 0.2) is 52.5 Å². The van der Waals surface area contributed by atoms with Crippen molar-refractivity contribution < 1.29 is 9.52 Å². The molecule has 20 heavy (non-hydrogen) atoms. The first-order valence-corrected chi connectivity index (χ1v) is 7.33. The van der Waals surface area contributed by atoms with E-state index in [-0.39, 0.29) is 6.61 Å². The fourth-order valence-corrected chi connectivity index (χ4v) is 3.56. The van der Waals surface area contributed by atoms with Crippen molar-refractivity contribution in [3.05, 3.63) is 58.9 Å². The second-order valence-electron chi connectivity index (χ2n) is 4.73. The lowest BCUT2D eigenvalue weighted by Gasteiger charge is -2.06. The summed E-state index contributed by atoms with van der Waals surface area (Å²) in [6, 6.07) is 12.3. The van der Waals surface area contributed by atoms with Crippen LogP contribution < -0.4 is 5.22 Å². The number of hydrogen-bond donors (Lipinski definition) is 1. The zero-order valence-corrected chi connectivity index (χ0v) is 11.5. The van der Waals surface area contributed by atoms with E-state index in [1.807, 2.05) is 17.5 Å². The monoisotopic (exact) mass is 280 g/mol. The first-order valence-electron chi connectivity index (χ1n) is 6.45. The Morgan fingerprint density at radius 1 is 1.10 bits per heavy atom. The van der Waals surface area contributed by atoms with Gasteiger partial charge in [0.2, 0.25) is 0 Å². The van der Waals surface area contributed by atoms with E-state index in [1.165, 1.54) is 0 Å². The molecular formula is C17H12O2S. The van der Waals surface area contributed by atoms with Crippen molar-refractivity contribution in [3.8, 4) is 0 Å². The number of aliphatic hydroxyl groups is 1. The van der Waals surface area contributed by atoms with E-state index < -0.39 is 0 Å². The summed E-state index contributed by atoms with van der Waals surface area (Å²) in [5.74, 6) is 0. The minimum absolute atomic E-state index is 0.0553. The van der Waals surface area contributed by atoms with Crippen LogP contribution in [0.2, 0.25) is 0 Å². The van der Waals surface area contributed by atoms with E-state index in [1.54, 1.807) is 18.0 Å².